The fourth-order valence-electron chi connectivity index (χ4n) is 5.29. The van der Waals surface area contributed by atoms with Gasteiger partial charge in [-0.15, -0.1) is 13.2 Å². The molecule has 0 spiro atoms. The fourth-order valence-corrected chi connectivity index (χ4v) is 5.29. The molecule has 1 amide bonds. The topological polar surface area (TPSA) is 81.1 Å². The van der Waals surface area contributed by atoms with Crippen LogP contribution in [0.15, 0.2) is 91.1 Å². The Morgan fingerprint density at radius 2 is 1.78 bits per heavy atom. The third-order valence-corrected chi connectivity index (χ3v) is 7.35. The molecule has 228 valence electrons. The number of carbonyl (C=O) groups is 1. The molecule has 6 rings (SSSR count). The van der Waals surface area contributed by atoms with Crippen LogP contribution in [0.1, 0.15) is 28.5 Å². The summed E-state index contributed by atoms with van der Waals surface area (Å²) in [6.45, 7) is 4.67. The Labute approximate surface area is 256 Å². The second-order valence-corrected chi connectivity index (χ2v) is 10.7. The van der Waals surface area contributed by atoms with Gasteiger partial charge in [-0.05, 0) is 78.6 Å². The number of aromatic nitrogens is 3. The number of amides is 1. The zero-order chi connectivity index (χ0) is 31.7. The number of hydrogen-bond donors (Lipinski definition) is 2. The van der Waals surface area contributed by atoms with E-state index in [0.29, 0.717) is 35.0 Å². The largest absolute Gasteiger partial charge is 0.573 e. The van der Waals surface area contributed by atoms with Crippen LogP contribution in [0.5, 0.6) is 5.75 Å². The lowest BCUT2D eigenvalue weighted by molar-refractivity contribution is -0.274. The summed E-state index contributed by atoms with van der Waals surface area (Å²) in [5.41, 5.74) is 5.38. The molecule has 11 heteroatoms. The van der Waals surface area contributed by atoms with E-state index in [0.717, 1.165) is 28.5 Å². The minimum atomic E-state index is -4.95. The smallest absolute Gasteiger partial charge is 0.405 e. The highest BCUT2D eigenvalue weighted by atomic mass is 19.4. The van der Waals surface area contributed by atoms with Crippen molar-refractivity contribution >= 4 is 29.2 Å². The van der Waals surface area contributed by atoms with Crippen molar-refractivity contribution in [1.82, 2.24) is 14.8 Å². The molecule has 3 heterocycles. The van der Waals surface area contributed by atoms with E-state index in [1.165, 1.54) is 30.3 Å². The van der Waals surface area contributed by atoms with Crippen LogP contribution in [0.2, 0.25) is 0 Å². The van der Waals surface area contributed by atoms with Crippen molar-refractivity contribution in [3.63, 3.8) is 0 Å². The number of alkyl halides is 3. The lowest BCUT2D eigenvalue weighted by Crippen LogP contribution is -2.20. The molecule has 3 aromatic carbocycles. The van der Waals surface area contributed by atoms with Crippen LogP contribution in [0, 0.1) is 18.7 Å². The highest BCUT2D eigenvalue weighted by Gasteiger charge is 2.33. The average molecular weight is 614 g/mol. The molecular formula is C34H27F4N5O2. The van der Waals surface area contributed by atoms with Crippen molar-refractivity contribution in [3.8, 4) is 28.1 Å². The monoisotopic (exact) mass is 613 g/mol. The number of halogens is 4. The molecular weight excluding hydrogens is 586 g/mol. The standard InChI is InChI=1S/C34H27F4N5O2/c1-20-13-14-28-30(26-15-16-39-32(21(26)2)40-25-10-6-8-23(35)18-25)31(42-43(28)19-20)22-7-5-9-24(17-22)41-33(44)27-11-3-4-12-29(27)45-34(36,37)38/h3-18,20H,19H2,1-2H3,(H,39,40)(H,41,44). The number of carbonyl (C=O) groups excluding carboxylic acids is 1. The number of ether oxygens (including phenoxy) is 1. The Morgan fingerprint density at radius 3 is 2.58 bits per heavy atom. The molecule has 1 aliphatic heterocycles. The highest BCUT2D eigenvalue weighted by Crippen LogP contribution is 2.41. The number of nitrogens with one attached hydrogen (secondary N) is 2. The number of fused-ring (bicyclic) bond motifs is 1. The van der Waals surface area contributed by atoms with Crippen LogP contribution in [-0.2, 0) is 6.54 Å². The maximum atomic E-state index is 13.9. The average Bonchev–Trinajstić information content (AvgIpc) is 3.36. The van der Waals surface area contributed by atoms with Gasteiger partial charge in [0.25, 0.3) is 5.91 Å². The molecule has 45 heavy (non-hydrogen) atoms. The third-order valence-electron chi connectivity index (χ3n) is 7.35. The number of anilines is 3. The molecule has 7 nitrogen and oxygen atoms in total. The van der Waals surface area contributed by atoms with Crippen LogP contribution in [-0.4, -0.2) is 27.0 Å². The predicted molar refractivity (Wildman–Crippen MR) is 165 cm³/mol. The van der Waals surface area contributed by atoms with Crippen molar-refractivity contribution in [1.29, 1.82) is 0 Å². The molecule has 0 saturated carbocycles. The summed E-state index contributed by atoms with van der Waals surface area (Å²) in [6.07, 6.45) is 0.868. The van der Waals surface area contributed by atoms with Crippen LogP contribution in [0.25, 0.3) is 28.5 Å². The molecule has 2 N–H and O–H groups in total. The highest BCUT2D eigenvalue weighted by molar-refractivity contribution is 6.06. The van der Waals surface area contributed by atoms with Gasteiger partial charge in [-0.25, -0.2) is 9.37 Å². The normalized spacial score (nSPS) is 14.1. The summed E-state index contributed by atoms with van der Waals surface area (Å²) in [5.74, 6) is -0.917. The van der Waals surface area contributed by atoms with E-state index in [-0.39, 0.29) is 17.3 Å². The maximum absolute atomic E-state index is 13.9. The zero-order valence-electron chi connectivity index (χ0n) is 24.2. The maximum Gasteiger partial charge on any atom is 0.573 e. The van der Waals surface area contributed by atoms with Gasteiger partial charge in [0.05, 0.1) is 11.3 Å². The molecule has 2 aromatic heterocycles. The Balaban J connectivity index is 1.39. The van der Waals surface area contributed by atoms with Gasteiger partial charge in [-0.2, -0.15) is 5.10 Å². The molecule has 0 fully saturated rings. The van der Waals surface area contributed by atoms with Gasteiger partial charge in [0.15, 0.2) is 0 Å². The van der Waals surface area contributed by atoms with Crippen molar-refractivity contribution in [2.45, 2.75) is 26.8 Å². The summed E-state index contributed by atoms with van der Waals surface area (Å²) < 4.78 is 58.7. The molecule has 1 aliphatic rings. The Hall–Kier alpha value is -5.45. The number of benzene rings is 3. The minimum absolute atomic E-state index is 0.256. The van der Waals surface area contributed by atoms with Crippen molar-refractivity contribution in [3.05, 3.63) is 114 Å². The number of pyridine rings is 1. The molecule has 0 aliphatic carbocycles. The summed E-state index contributed by atoms with van der Waals surface area (Å²) in [7, 11) is 0. The van der Waals surface area contributed by atoms with E-state index >= 15 is 0 Å². The first-order chi connectivity index (χ1) is 21.6. The van der Waals surface area contributed by atoms with Crippen LogP contribution >= 0.6 is 0 Å². The number of para-hydroxylation sites is 1. The lowest BCUT2D eigenvalue weighted by Gasteiger charge is -2.17. The van der Waals surface area contributed by atoms with Gasteiger partial charge < -0.3 is 15.4 Å². The van der Waals surface area contributed by atoms with Gasteiger partial charge in [0.2, 0.25) is 0 Å². The number of nitrogens with zero attached hydrogens (tertiary/aromatic N) is 3. The van der Waals surface area contributed by atoms with E-state index in [1.54, 1.807) is 36.5 Å². The second kappa shape index (κ2) is 11.9. The van der Waals surface area contributed by atoms with Crippen LogP contribution in [0.4, 0.5) is 34.8 Å². The van der Waals surface area contributed by atoms with Gasteiger partial charge in [0.1, 0.15) is 23.1 Å². The third kappa shape index (κ3) is 6.42. The summed E-state index contributed by atoms with van der Waals surface area (Å²) >= 11 is 0. The van der Waals surface area contributed by atoms with Gasteiger partial charge >= 0.3 is 6.36 Å². The Bertz CT molecular complexity index is 1930. The van der Waals surface area contributed by atoms with E-state index < -0.39 is 18.0 Å². The first-order valence-corrected chi connectivity index (χ1v) is 14.1. The summed E-state index contributed by atoms with van der Waals surface area (Å²) in [4.78, 5) is 17.6. The quantitative estimate of drug-likeness (QED) is 0.180. The molecule has 0 bridgehead atoms. The predicted octanol–water partition coefficient (Wildman–Crippen LogP) is 8.62. The first kappa shape index (κ1) is 29.6. The van der Waals surface area contributed by atoms with Gasteiger partial charge in [-0.3, -0.25) is 9.48 Å². The van der Waals surface area contributed by atoms with E-state index in [4.69, 9.17) is 5.10 Å². The van der Waals surface area contributed by atoms with Crippen LogP contribution in [0.3, 0.4) is 0 Å². The SMILES string of the molecule is Cc1c(-c2c(-c3cccc(NC(=O)c4ccccc4OC(F)(F)F)c3)nn3c2C=CC(C)C3)ccnc1Nc1cccc(F)c1. The lowest BCUT2D eigenvalue weighted by atomic mass is 9.94. The number of allylic oxidation sites excluding steroid dienone is 1. The Kier molecular flexibility index (Phi) is 7.84. The number of rotatable bonds is 7. The Morgan fingerprint density at radius 1 is 1.00 bits per heavy atom. The minimum Gasteiger partial charge on any atom is -0.405 e. The van der Waals surface area contributed by atoms with Crippen molar-refractivity contribution in [2.24, 2.45) is 5.92 Å². The summed E-state index contributed by atoms with van der Waals surface area (Å²) in [6, 6.07) is 20.1. The van der Waals surface area contributed by atoms with Gasteiger partial charge in [-0.1, -0.05) is 43.3 Å². The van der Waals surface area contributed by atoms with Gasteiger partial charge in [0, 0.05) is 35.2 Å². The first-order valence-electron chi connectivity index (χ1n) is 14.1. The van der Waals surface area contributed by atoms with E-state index in [2.05, 4.69) is 33.4 Å². The molecule has 0 radical (unpaired) electrons. The number of hydrogen-bond acceptors (Lipinski definition) is 5. The molecule has 1 atom stereocenters. The van der Waals surface area contributed by atoms with E-state index in [9.17, 15) is 22.4 Å². The van der Waals surface area contributed by atoms with Crippen molar-refractivity contribution < 1.29 is 27.1 Å². The molecule has 1 unspecified atom stereocenters. The molecule has 0 saturated heterocycles. The second-order valence-electron chi connectivity index (χ2n) is 10.7. The summed E-state index contributed by atoms with van der Waals surface area (Å²) in [5, 5.41) is 10.9. The fraction of sp³-hybridized carbons (Fsp3) is 0.147. The zero-order valence-corrected chi connectivity index (χ0v) is 24.2. The van der Waals surface area contributed by atoms with E-state index in [1.807, 2.05) is 29.8 Å². The molecule has 5 aromatic rings. The van der Waals surface area contributed by atoms with Crippen LogP contribution < -0.4 is 15.4 Å². The van der Waals surface area contributed by atoms with Crippen molar-refractivity contribution in [2.75, 3.05) is 10.6 Å².